The van der Waals surface area contributed by atoms with Gasteiger partial charge in [0.1, 0.15) is 0 Å². The molecule has 2 amide bonds. The third-order valence-corrected chi connectivity index (χ3v) is 6.40. The molecule has 0 aromatic heterocycles. The van der Waals surface area contributed by atoms with E-state index in [1.165, 1.54) is 0 Å². The molecular weight excluding hydrogens is 324 g/mol. The maximum atomic E-state index is 12.9. The molecule has 1 unspecified atom stereocenters. The minimum atomic E-state index is -3.64. The molecule has 124 valence electrons. The van der Waals surface area contributed by atoms with Gasteiger partial charge in [-0.25, -0.2) is 17.5 Å². The van der Waals surface area contributed by atoms with Gasteiger partial charge < -0.3 is 4.90 Å². The Morgan fingerprint density at radius 2 is 1.88 bits per heavy atom. The van der Waals surface area contributed by atoms with E-state index in [0.29, 0.717) is 6.54 Å². The Labute approximate surface area is 141 Å². The van der Waals surface area contributed by atoms with Crippen molar-refractivity contribution >= 4 is 16.1 Å². The summed E-state index contributed by atoms with van der Waals surface area (Å²) in [5.74, 6) is -0.0535. The van der Waals surface area contributed by atoms with Gasteiger partial charge in [0.05, 0.1) is 18.3 Å². The molecule has 0 radical (unpaired) electrons. The van der Waals surface area contributed by atoms with E-state index in [1.807, 2.05) is 55.5 Å². The maximum absolute atomic E-state index is 12.9. The molecule has 24 heavy (non-hydrogen) atoms. The second-order valence-electron chi connectivity index (χ2n) is 6.40. The quantitative estimate of drug-likeness (QED) is 0.843. The molecular formula is C18H18N2O3S. The Morgan fingerprint density at radius 1 is 1.12 bits per heavy atom. The summed E-state index contributed by atoms with van der Waals surface area (Å²) in [4.78, 5) is 14.5. The van der Waals surface area contributed by atoms with E-state index >= 15 is 0 Å². The Morgan fingerprint density at radius 3 is 2.62 bits per heavy atom. The summed E-state index contributed by atoms with van der Waals surface area (Å²) in [7, 11) is -3.64. The van der Waals surface area contributed by atoms with Crippen molar-refractivity contribution in [1.29, 1.82) is 0 Å². The molecule has 2 aliphatic rings. The van der Waals surface area contributed by atoms with Crippen LogP contribution in [0.25, 0.3) is 0 Å². The van der Waals surface area contributed by atoms with Crippen LogP contribution < -0.4 is 0 Å². The van der Waals surface area contributed by atoms with Crippen LogP contribution in [-0.4, -0.2) is 29.4 Å². The highest BCUT2D eigenvalue weighted by Gasteiger charge is 2.46. The molecule has 2 aliphatic heterocycles. The van der Waals surface area contributed by atoms with Gasteiger partial charge in [-0.05, 0) is 23.6 Å². The van der Waals surface area contributed by atoms with E-state index < -0.39 is 16.1 Å². The maximum Gasteiger partial charge on any atom is 0.334 e. The van der Waals surface area contributed by atoms with Crippen molar-refractivity contribution in [2.45, 2.75) is 26.1 Å². The highest BCUT2D eigenvalue weighted by molar-refractivity contribution is 7.89. The van der Waals surface area contributed by atoms with E-state index in [0.717, 1.165) is 26.6 Å². The number of fused-ring (bicyclic) bond motifs is 3. The van der Waals surface area contributed by atoms with Crippen LogP contribution in [0.2, 0.25) is 0 Å². The Balaban J connectivity index is 1.69. The number of carbonyl (C=O) groups excluding carboxylic acids is 1. The molecule has 1 atom stereocenters. The van der Waals surface area contributed by atoms with Gasteiger partial charge in [-0.15, -0.1) is 0 Å². The summed E-state index contributed by atoms with van der Waals surface area (Å²) < 4.78 is 26.4. The second kappa shape index (κ2) is 5.34. The lowest BCUT2D eigenvalue weighted by atomic mass is 10.0. The fourth-order valence-electron chi connectivity index (χ4n) is 3.48. The topological polar surface area (TPSA) is 57.7 Å². The number of hydrogen-bond acceptors (Lipinski definition) is 3. The zero-order chi connectivity index (χ0) is 16.9. The van der Waals surface area contributed by atoms with Gasteiger partial charge in [-0.3, -0.25) is 0 Å². The van der Waals surface area contributed by atoms with Crippen LogP contribution in [0.5, 0.6) is 0 Å². The first-order chi connectivity index (χ1) is 11.5. The zero-order valence-electron chi connectivity index (χ0n) is 13.3. The molecule has 0 aliphatic carbocycles. The SMILES string of the molecule is Cc1ccc2c(c1)C1CS(=O)(=O)N(Cc3ccccc3)C(=O)N1C2. The third kappa shape index (κ3) is 2.38. The summed E-state index contributed by atoms with van der Waals surface area (Å²) in [6.07, 6.45) is 0. The smallest absolute Gasteiger partial charge is 0.311 e. The van der Waals surface area contributed by atoms with E-state index in [1.54, 1.807) is 4.90 Å². The van der Waals surface area contributed by atoms with Crippen LogP contribution in [0.15, 0.2) is 48.5 Å². The van der Waals surface area contributed by atoms with Gasteiger partial charge >= 0.3 is 6.03 Å². The van der Waals surface area contributed by atoms with E-state index in [-0.39, 0.29) is 18.3 Å². The molecule has 1 fully saturated rings. The lowest BCUT2D eigenvalue weighted by molar-refractivity contribution is 0.155. The fraction of sp³-hybridized carbons (Fsp3) is 0.278. The molecule has 0 spiro atoms. The van der Waals surface area contributed by atoms with E-state index in [4.69, 9.17) is 0 Å². The molecule has 1 saturated heterocycles. The monoisotopic (exact) mass is 342 g/mol. The summed E-state index contributed by atoms with van der Waals surface area (Å²) in [6, 6.07) is 14.4. The molecule has 0 N–H and O–H groups in total. The minimum Gasteiger partial charge on any atom is -0.311 e. The largest absolute Gasteiger partial charge is 0.334 e. The van der Waals surface area contributed by atoms with Crippen molar-refractivity contribution in [1.82, 2.24) is 9.21 Å². The summed E-state index contributed by atoms with van der Waals surface area (Å²) in [5, 5.41) is 0. The first kappa shape index (κ1) is 15.2. The number of benzene rings is 2. The first-order valence-electron chi connectivity index (χ1n) is 7.90. The zero-order valence-corrected chi connectivity index (χ0v) is 14.2. The fourth-order valence-corrected chi connectivity index (χ4v) is 5.10. The molecule has 2 heterocycles. The van der Waals surface area contributed by atoms with Crippen molar-refractivity contribution in [3.05, 3.63) is 70.8 Å². The number of carbonyl (C=O) groups is 1. The average molecular weight is 342 g/mol. The molecule has 0 bridgehead atoms. The van der Waals surface area contributed by atoms with Gasteiger partial charge in [0, 0.05) is 6.54 Å². The molecule has 2 aromatic carbocycles. The van der Waals surface area contributed by atoms with Gasteiger partial charge in [0.15, 0.2) is 0 Å². The lowest BCUT2D eigenvalue weighted by Gasteiger charge is -2.37. The number of amides is 2. The van der Waals surface area contributed by atoms with Crippen LogP contribution in [-0.2, 0) is 23.1 Å². The van der Waals surface area contributed by atoms with Crippen molar-refractivity contribution in [2.24, 2.45) is 0 Å². The molecule has 6 heteroatoms. The average Bonchev–Trinajstić information content (AvgIpc) is 2.90. The predicted octanol–water partition coefficient (Wildman–Crippen LogP) is 2.82. The van der Waals surface area contributed by atoms with Gasteiger partial charge in [0.2, 0.25) is 10.0 Å². The summed E-state index contributed by atoms with van der Waals surface area (Å²) in [6.45, 7) is 2.53. The normalized spacial score (nSPS) is 21.5. The van der Waals surface area contributed by atoms with Crippen molar-refractivity contribution in [3.63, 3.8) is 0 Å². The van der Waals surface area contributed by atoms with E-state index in [9.17, 15) is 13.2 Å². The highest BCUT2D eigenvalue weighted by Crippen LogP contribution is 2.40. The summed E-state index contributed by atoms with van der Waals surface area (Å²) >= 11 is 0. The highest BCUT2D eigenvalue weighted by atomic mass is 32.2. The van der Waals surface area contributed by atoms with Crippen LogP contribution in [0.4, 0.5) is 4.79 Å². The number of rotatable bonds is 2. The number of sulfonamides is 1. The van der Waals surface area contributed by atoms with Crippen LogP contribution in [0.1, 0.15) is 28.3 Å². The molecule has 2 aromatic rings. The predicted molar refractivity (Wildman–Crippen MR) is 90.6 cm³/mol. The van der Waals surface area contributed by atoms with Crippen molar-refractivity contribution in [2.75, 3.05) is 5.75 Å². The standard InChI is InChI=1S/C18H18N2O3S/c1-13-7-8-15-11-19-17(16(15)9-13)12-24(22,23)20(18(19)21)10-14-5-3-2-4-6-14/h2-9,17H,10-12H2,1H3. The number of nitrogens with zero attached hydrogens (tertiary/aromatic N) is 2. The first-order valence-corrected chi connectivity index (χ1v) is 9.51. The minimum absolute atomic E-state index is 0.0535. The molecule has 4 rings (SSSR count). The third-order valence-electron chi connectivity index (χ3n) is 4.71. The van der Waals surface area contributed by atoms with Crippen molar-refractivity contribution < 1.29 is 13.2 Å². The van der Waals surface area contributed by atoms with Gasteiger partial charge in [-0.2, -0.15) is 0 Å². The van der Waals surface area contributed by atoms with Gasteiger partial charge in [0.25, 0.3) is 0 Å². The Bertz CT molecular complexity index is 909. The van der Waals surface area contributed by atoms with E-state index in [2.05, 4.69) is 0 Å². The number of hydrogen-bond donors (Lipinski definition) is 0. The Hall–Kier alpha value is -2.34. The van der Waals surface area contributed by atoms with Crippen LogP contribution >= 0.6 is 0 Å². The Kier molecular flexibility index (Phi) is 3.38. The second-order valence-corrected chi connectivity index (χ2v) is 8.34. The van der Waals surface area contributed by atoms with Crippen molar-refractivity contribution in [3.8, 4) is 0 Å². The molecule has 0 saturated carbocycles. The summed E-state index contributed by atoms with van der Waals surface area (Å²) in [5.41, 5.74) is 3.88. The van der Waals surface area contributed by atoms with Gasteiger partial charge in [-0.1, -0.05) is 54.1 Å². The number of aryl methyl sites for hydroxylation is 1. The molecule has 5 nitrogen and oxygen atoms in total. The van der Waals surface area contributed by atoms with Crippen LogP contribution in [0.3, 0.4) is 0 Å². The van der Waals surface area contributed by atoms with Crippen LogP contribution in [0, 0.1) is 6.92 Å². The lowest BCUT2D eigenvalue weighted by Crippen LogP contribution is -2.52. The number of urea groups is 1.